The maximum absolute atomic E-state index is 5.71. The van der Waals surface area contributed by atoms with Crippen LogP contribution in [0.25, 0.3) is 0 Å². The smallest absolute Gasteiger partial charge is 0.115 e. The Morgan fingerprint density at radius 3 is 2.67 bits per heavy atom. The summed E-state index contributed by atoms with van der Waals surface area (Å²) in [7, 11) is 0. The largest absolute Gasteiger partial charge is 0.327 e. The van der Waals surface area contributed by atoms with E-state index in [2.05, 4.69) is 16.9 Å². The third kappa shape index (κ3) is 2.79. The van der Waals surface area contributed by atoms with Crippen LogP contribution in [0.4, 0.5) is 0 Å². The van der Waals surface area contributed by atoms with Crippen molar-refractivity contribution >= 4 is 11.8 Å². The number of rotatable bonds is 3. The van der Waals surface area contributed by atoms with Gasteiger partial charge in [-0.25, -0.2) is 4.98 Å². The van der Waals surface area contributed by atoms with Crippen molar-refractivity contribution in [3.05, 3.63) is 18.6 Å². The van der Waals surface area contributed by atoms with Gasteiger partial charge in [0.2, 0.25) is 0 Å². The number of hydrogen-bond acceptors (Lipinski definition) is 4. The van der Waals surface area contributed by atoms with Crippen LogP contribution in [0, 0.1) is 0 Å². The highest BCUT2D eigenvalue weighted by molar-refractivity contribution is 7.99. The molecule has 0 saturated heterocycles. The Hall–Kier alpha value is -0.610. The average Bonchev–Trinajstić information content (AvgIpc) is 2.06. The highest BCUT2D eigenvalue weighted by Gasteiger charge is 2.09. The lowest BCUT2D eigenvalue weighted by molar-refractivity contribution is 0.729. The van der Waals surface area contributed by atoms with Crippen LogP contribution in [-0.4, -0.2) is 21.3 Å². The van der Waals surface area contributed by atoms with Crippen LogP contribution in [-0.2, 0) is 0 Å². The zero-order valence-electron chi connectivity index (χ0n) is 7.27. The SMILES string of the molecule is CC(N)C(C)Sc1cnccn1. The van der Waals surface area contributed by atoms with Crippen LogP contribution >= 0.6 is 11.8 Å². The quantitative estimate of drug-likeness (QED) is 0.718. The minimum absolute atomic E-state index is 0.178. The molecule has 0 amide bonds. The first kappa shape index (κ1) is 9.48. The predicted octanol–water partition coefficient (Wildman–Crippen LogP) is 1.30. The van der Waals surface area contributed by atoms with Gasteiger partial charge >= 0.3 is 0 Å². The first-order valence-corrected chi connectivity index (χ1v) is 4.76. The molecule has 1 aromatic heterocycles. The highest BCUT2D eigenvalue weighted by Crippen LogP contribution is 2.20. The van der Waals surface area contributed by atoms with Crippen LogP contribution in [0.2, 0.25) is 0 Å². The normalized spacial score (nSPS) is 15.6. The van der Waals surface area contributed by atoms with Gasteiger partial charge in [0.25, 0.3) is 0 Å². The van der Waals surface area contributed by atoms with Gasteiger partial charge in [0.15, 0.2) is 0 Å². The van der Waals surface area contributed by atoms with E-state index in [0.717, 1.165) is 5.03 Å². The topological polar surface area (TPSA) is 51.8 Å². The molecule has 0 aliphatic heterocycles. The Kier molecular flexibility index (Phi) is 3.49. The van der Waals surface area contributed by atoms with E-state index in [0.29, 0.717) is 5.25 Å². The van der Waals surface area contributed by atoms with E-state index in [1.54, 1.807) is 30.4 Å². The lowest BCUT2D eigenvalue weighted by Gasteiger charge is -2.13. The van der Waals surface area contributed by atoms with E-state index in [-0.39, 0.29) is 6.04 Å². The highest BCUT2D eigenvalue weighted by atomic mass is 32.2. The van der Waals surface area contributed by atoms with E-state index in [9.17, 15) is 0 Å². The van der Waals surface area contributed by atoms with Gasteiger partial charge in [0, 0.05) is 23.7 Å². The molecule has 0 bridgehead atoms. The van der Waals surface area contributed by atoms with Gasteiger partial charge in [-0.1, -0.05) is 6.92 Å². The molecule has 0 fully saturated rings. The predicted molar refractivity (Wildman–Crippen MR) is 51.0 cm³/mol. The minimum Gasteiger partial charge on any atom is -0.327 e. The summed E-state index contributed by atoms with van der Waals surface area (Å²) in [6.07, 6.45) is 5.11. The third-order valence-electron chi connectivity index (χ3n) is 1.59. The van der Waals surface area contributed by atoms with Crippen LogP contribution in [0.1, 0.15) is 13.8 Å². The zero-order chi connectivity index (χ0) is 8.97. The molecule has 1 rings (SSSR count). The van der Waals surface area contributed by atoms with E-state index in [1.165, 1.54) is 0 Å². The molecule has 2 atom stereocenters. The number of nitrogens with two attached hydrogens (primary N) is 1. The van der Waals surface area contributed by atoms with Crippen molar-refractivity contribution in [3.63, 3.8) is 0 Å². The molecular weight excluding hydrogens is 170 g/mol. The summed E-state index contributed by atoms with van der Waals surface area (Å²) in [6.45, 7) is 4.08. The Balaban J connectivity index is 2.53. The summed E-state index contributed by atoms with van der Waals surface area (Å²) in [5.74, 6) is 0. The molecule has 2 unspecified atom stereocenters. The monoisotopic (exact) mass is 183 g/mol. The fraction of sp³-hybridized carbons (Fsp3) is 0.500. The Morgan fingerprint density at radius 1 is 1.42 bits per heavy atom. The molecule has 1 aromatic rings. The van der Waals surface area contributed by atoms with Gasteiger partial charge in [-0.05, 0) is 6.92 Å². The summed E-state index contributed by atoms with van der Waals surface area (Å²) < 4.78 is 0. The molecule has 0 radical (unpaired) electrons. The molecule has 4 heteroatoms. The van der Waals surface area contributed by atoms with Crippen LogP contribution in [0.5, 0.6) is 0 Å². The van der Waals surface area contributed by atoms with Crippen LogP contribution < -0.4 is 5.73 Å². The van der Waals surface area contributed by atoms with Gasteiger partial charge in [0.1, 0.15) is 5.03 Å². The van der Waals surface area contributed by atoms with Gasteiger partial charge in [0.05, 0.1) is 6.20 Å². The van der Waals surface area contributed by atoms with Crippen molar-refractivity contribution in [2.75, 3.05) is 0 Å². The molecule has 3 nitrogen and oxygen atoms in total. The van der Waals surface area contributed by atoms with E-state index in [1.807, 2.05) is 6.92 Å². The summed E-state index contributed by atoms with van der Waals surface area (Å²) in [5.41, 5.74) is 5.71. The Bertz CT molecular complexity index is 225. The van der Waals surface area contributed by atoms with Crippen molar-refractivity contribution in [1.82, 2.24) is 9.97 Å². The zero-order valence-corrected chi connectivity index (χ0v) is 8.08. The molecular formula is C8H13N3S. The molecule has 0 aliphatic rings. The fourth-order valence-electron chi connectivity index (χ4n) is 0.644. The lowest BCUT2D eigenvalue weighted by atomic mass is 10.3. The molecule has 0 aliphatic carbocycles. The van der Waals surface area contributed by atoms with Crippen molar-refractivity contribution < 1.29 is 0 Å². The second-order valence-electron chi connectivity index (χ2n) is 2.73. The van der Waals surface area contributed by atoms with Gasteiger partial charge in [-0.2, -0.15) is 0 Å². The van der Waals surface area contributed by atoms with Gasteiger partial charge in [-0.15, -0.1) is 11.8 Å². The molecule has 0 saturated carbocycles. The maximum Gasteiger partial charge on any atom is 0.115 e. The van der Waals surface area contributed by atoms with E-state index in [4.69, 9.17) is 5.73 Å². The van der Waals surface area contributed by atoms with Gasteiger partial charge < -0.3 is 5.73 Å². The number of nitrogens with zero attached hydrogens (tertiary/aromatic N) is 2. The van der Waals surface area contributed by atoms with Gasteiger partial charge in [-0.3, -0.25) is 4.98 Å². The first-order chi connectivity index (χ1) is 5.70. The molecule has 0 aromatic carbocycles. The Morgan fingerprint density at radius 2 is 2.17 bits per heavy atom. The molecule has 2 N–H and O–H groups in total. The maximum atomic E-state index is 5.71. The molecule has 12 heavy (non-hydrogen) atoms. The van der Waals surface area contributed by atoms with Crippen LogP contribution in [0.15, 0.2) is 23.6 Å². The molecule has 66 valence electrons. The lowest BCUT2D eigenvalue weighted by Crippen LogP contribution is -2.26. The van der Waals surface area contributed by atoms with Crippen LogP contribution in [0.3, 0.4) is 0 Å². The third-order valence-corrected chi connectivity index (χ3v) is 2.84. The second-order valence-corrected chi connectivity index (χ2v) is 4.12. The van der Waals surface area contributed by atoms with Crippen molar-refractivity contribution in [1.29, 1.82) is 0 Å². The van der Waals surface area contributed by atoms with Crippen molar-refractivity contribution in [2.24, 2.45) is 5.73 Å². The summed E-state index contributed by atoms with van der Waals surface area (Å²) in [4.78, 5) is 8.12. The Labute approximate surface area is 76.8 Å². The van der Waals surface area contributed by atoms with Crippen molar-refractivity contribution in [2.45, 2.75) is 30.2 Å². The summed E-state index contributed by atoms with van der Waals surface area (Å²) in [6, 6.07) is 0.178. The number of aromatic nitrogens is 2. The average molecular weight is 183 g/mol. The first-order valence-electron chi connectivity index (χ1n) is 3.88. The molecule has 0 spiro atoms. The fourth-order valence-corrected chi connectivity index (χ4v) is 1.48. The summed E-state index contributed by atoms with van der Waals surface area (Å²) >= 11 is 1.65. The minimum atomic E-state index is 0.178. The van der Waals surface area contributed by atoms with E-state index >= 15 is 0 Å². The molecule has 1 heterocycles. The summed E-state index contributed by atoms with van der Waals surface area (Å²) in [5, 5.41) is 1.31. The number of hydrogen-bond donors (Lipinski definition) is 1. The standard InChI is InChI=1S/C8H13N3S/c1-6(9)7(2)12-8-5-10-3-4-11-8/h3-7H,9H2,1-2H3. The van der Waals surface area contributed by atoms with E-state index < -0.39 is 0 Å². The number of thioether (sulfide) groups is 1. The van der Waals surface area contributed by atoms with Crippen molar-refractivity contribution in [3.8, 4) is 0 Å². The second kappa shape index (κ2) is 4.42.